The molecule has 49 heavy (non-hydrogen) atoms. The minimum Gasteiger partial charge on any atom is -0.399 e. The van der Waals surface area contributed by atoms with Gasteiger partial charge in [0.05, 0.1) is 51.4 Å². The fraction of sp³-hybridized carbons (Fsp3) is 0.514. The number of aromatic nitrogens is 2. The van der Waals surface area contributed by atoms with Crippen molar-refractivity contribution in [3.05, 3.63) is 71.7 Å². The molecule has 4 atom stereocenters. The van der Waals surface area contributed by atoms with Crippen LogP contribution in [-0.2, 0) is 19.0 Å². The highest BCUT2D eigenvalue weighted by Gasteiger charge is 2.46. The number of carbonyl (C=O) groups excluding carboxylic acids is 2. The van der Waals surface area contributed by atoms with Gasteiger partial charge in [0.15, 0.2) is 0 Å². The van der Waals surface area contributed by atoms with E-state index in [4.69, 9.17) is 35.6 Å². The maximum atomic E-state index is 13.6. The topological polar surface area (TPSA) is 167 Å². The highest BCUT2D eigenvalue weighted by molar-refractivity contribution is 5.95. The third-order valence-electron chi connectivity index (χ3n) is 9.23. The number of ether oxygens (including phenoxy) is 3. The molecule has 0 radical (unpaired) electrons. The molecule has 6 N–H and O–H groups in total. The van der Waals surface area contributed by atoms with Crippen LogP contribution >= 0.6 is 0 Å². The highest BCUT2D eigenvalue weighted by Crippen LogP contribution is 2.42. The second-order valence-electron chi connectivity index (χ2n) is 12.8. The highest BCUT2D eigenvalue weighted by atomic mass is 16.5. The number of fused-ring (bicyclic) bond motifs is 1. The second kappa shape index (κ2) is 18.1. The number of nitrogens with two attached hydrogens (primary N) is 2. The van der Waals surface area contributed by atoms with Gasteiger partial charge >= 0.3 is 0 Å². The molecule has 2 heterocycles. The third kappa shape index (κ3) is 9.98. The molecule has 0 bridgehead atoms. The fourth-order valence-electron chi connectivity index (χ4n) is 6.79. The van der Waals surface area contributed by atoms with E-state index >= 15 is 0 Å². The van der Waals surface area contributed by atoms with Crippen LogP contribution in [0.5, 0.6) is 0 Å². The van der Waals surface area contributed by atoms with Crippen LogP contribution in [-0.4, -0.2) is 86.6 Å². The molecule has 0 spiro atoms. The molecule has 1 saturated carbocycles. The molecule has 5 rings (SSSR count). The first-order valence-corrected chi connectivity index (χ1v) is 17.5. The summed E-state index contributed by atoms with van der Waals surface area (Å²) < 4.78 is 16.4. The average molecular weight is 674 g/mol. The Labute approximate surface area is 289 Å². The van der Waals surface area contributed by atoms with Crippen LogP contribution in [0.25, 0.3) is 11.1 Å². The fourth-order valence-corrected chi connectivity index (χ4v) is 6.79. The number of amides is 2. The maximum Gasteiger partial charge on any atom is 0.251 e. The molecule has 0 unspecified atom stereocenters. The van der Waals surface area contributed by atoms with Crippen LogP contribution in [0, 0.1) is 12.8 Å². The van der Waals surface area contributed by atoms with Crippen LogP contribution in [0.15, 0.2) is 54.6 Å². The summed E-state index contributed by atoms with van der Waals surface area (Å²) in [7, 11) is 0. The van der Waals surface area contributed by atoms with E-state index in [1.807, 2.05) is 68.4 Å². The van der Waals surface area contributed by atoms with Crippen molar-refractivity contribution >= 4 is 23.3 Å². The lowest BCUT2D eigenvalue weighted by Gasteiger charge is -2.35. The smallest absolute Gasteiger partial charge is 0.251 e. The maximum absolute atomic E-state index is 13.6. The molecule has 12 heteroatoms. The van der Waals surface area contributed by atoms with Gasteiger partial charge in [-0.05, 0) is 74.4 Å². The zero-order chi connectivity index (χ0) is 34.6. The van der Waals surface area contributed by atoms with E-state index in [1.54, 1.807) is 0 Å². The van der Waals surface area contributed by atoms with Crippen LogP contribution in [0.3, 0.4) is 0 Å². The Morgan fingerprint density at radius 3 is 2.22 bits per heavy atom. The van der Waals surface area contributed by atoms with E-state index in [9.17, 15) is 9.59 Å². The van der Waals surface area contributed by atoms with Crippen molar-refractivity contribution in [1.29, 1.82) is 0 Å². The van der Waals surface area contributed by atoms with Crippen molar-refractivity contribution < 1.29 is 23.8 Å². The number of nitrogen functional groups attached to an aromatic ring is 1. The normalized spacial score (nSPS) is 19.3. The first-order chi connectivity index (χ1) is 23.8. The van der Waals surface area contributed by atoms with Crippen LogP contribution in [0.2, 0.25) is 0 Å². The van der Waals surface area contributed by atoms with E-state index in [2.05, 4.69) is 15.5 Å². The van der Waals surface area contributed by atoms with Gasteiger partial charge in [-0.25, -0.2) is 9.97 Å². The molecular weight excluding hydrogens is 622 g/mol. The van der Waals surface area contributed by atoms with Crippen LogP contribution in [0.1, 0.15) is 66.9 Å². The number of carbonyl (C=O) groups is 2. The van der Waals surface area contributed by atoms with Crippen molar-refractivity contribution in [2.45, 2.75) is 64.1 Å². The van der Waals surface area contributed by atoms with E-state index in [0.717, 1.165) is 42.6 Å². The van der Waals surface area contributed by atoms with Crippen LogP contribution < -0.4 is 27.0 Å². The van der Waals surface area contributed by atoms with Gasteiger partial charge in [0.2, 0.25) is 5.91 Å². The summed E-state index contributed by atoms with van der Waals surface area (Å²) in [5.41, 5.74) is 15.2. The van der Waals surface area contributed by atoms with Gasteiger partial charge in [0, 0.05) is 36.4 Å². The van der Waals surface area contributed by atoms with Gasteiger partial charge < -0.3 is 41.2 Å². The Morgan fingerprint density at radius 2 is 1.53 bits per heavy atom. The summed E-state index contributed by atoms with van der Waals surface area (Å²) in [4.78, 5) is 38.6. The molecule has 3 aromatic rings. The van der Waals surface area contributed by atoms with Gasteiger partial charge in [0.25, 0.3) is 5.91 Å². The zero-order valence-electron chi connectivity index (χ0n) is 28.7. The molecule has 2 fully saturated rings. The number of anilines is 2. The van der Waals surface area contributed by atoms with E-state index < -0.39 is 0 Å². The molecule has 264 valence electrons. The predicted octanol–water partition coefficient (Wildman–Crippen LogP) is 3.79. The summed E-state index contributed by atoms with van der Waals surface area (Å²) in [6.07, 6.45) is 5.21. The number of benzene rings is 2. The lowest BCUT2D eigenvalue weighted by atomic mass is 9.84. The molecule has 1 aliphatic heterocycles. The first-order valence-electron chi connectivity index (χ1n) is 17.5. The number of hydrogen-bond acceptors (Lipinski definition) is 10. The second-order valence-corrected chi connectivity index (χ2v) is 12.8. The largest absolute Gasteiger partial charge is 0.399 e. The Hall–Kier alpha value is -4.10. The van der Waals surface area contributed by atoms with Crippen molar-refractivity contribution in [2.24, 2.45) is 11.7 Å². The monoisotopic (exact) mass is 673 g/mol. The van der Waals surface area contributed by atoms with E-state index in [-0.39, 0.29) is 29.9 Å². The van der Waals surface area contributed by atoms with Crippen molar-refractivity contribution in [3.8, 4) is 11.1 Å². The molecule has 1 aromatic heterocycles. The molecule has 1 aliphatic carbocycles. The van der Waals surface area contributed by atoms with Gasteiger partial charge in [-0.15, -0.1) is 0 Å². The first kappa shape index (κ1) is 36.2. The summed E-state index contributed by atoms with van der Waals surface area (Å²) >= 11 is 0. The number of nitrogens with zero attached hydrogens (tertiary/aromatic N) is 3. The minimum atomic E-state index is -0.374. The quantitative estimate of drug-likeness (QED) is 0.122. The molecule has 12 nitrogen and oxygen atoms in total. The van der Waals surface area contributed by atoms with E-state index in [0.29, 0.717) is 81.4 Å². The predicted molar refractivity (Wildman–Crippen MR) is 190 cm³/mol. The lowest BCUT2D eigenvalue weighted by molar-refractivity contribution is -0.122. The standard InChI is InChI=1S/C37H51N7O5/c1-25(41-36(45)29-9-7-27(8-10-29)28-11-13-31(39)14-12-28)32-24-35(43-26(2)42-32)44-33-6-4-3-5-30(33)23-34(44)37(46)40-16-18-48-20-22-49-21-19-47-17-15-38/h7-14,24-25,30,33-34H,3-6,15-23,38-39H2,1-2H3,(H,40,46)(H,41,45)/t25-,30-,33-,34-/m0/s1. The summed E-state index contributed by atoms with van der Waals surface area (Å²) in [5, 5.41) is 6.19. The van der Waals surface area contributed by atoms with Crippen molar-refractivity contribution in [2.75, 3.05) is 63.4 Å². The van der Waals surface area contributed by atoms with Gasteiger partial charge in [-0.1, -0.05) is 37.1 Å². The van der Waals surface area contributed by atoms with Crippen LogP contribution in [0.4, 0.5) is 11.5 Å². The van der Waals surface area contributed by atoms with Gasteiger partial charge in [-0.3, -0.25) is 9.59 Å². The third-order valence-corrected chi connectivity index (χ3v) is 9.23. The zero-order valence-corrected chi connectivity index (χ0v) is 28.7. The number of hydrogen-bond donors (Lipinski definition) is 4. The SMILES string of the molecule is Cc1nc([C@H](C)NC(=O)c2ccc(-c3ccc(N)cc3)cc2)cc(N2[C@H](C(=O)NCCOCCOCCOCCN)C[C@@H]3CCCC[C@@H]32)n1. The Bertz CT molecular complexity index is 1500. The number of rotatable bonds is 17. The van der Waals surface area contributed by atoms with Crippen molar-refractivity contribution in [3.63, 3.8) is 0 Å². The Morgan fingerprint density at radius 1 is 0.898 bits per heavy atom. The van der Waals surface area contributed by atoms with Gasteiger partial charge in [-0.2, -0.15) is 0 Å². The summed E-state index contributed by atoms with van der Waals surface area (Å²) in [5.74, 6) is 1.55. The number of aryl methyl sites for hydroxylation is 1. The van der Waals surface area contributed by atoms with Gasteiger partial charge in [0.1, 0.15) is 17.7 Å². The lowest BCUT2D eigenvalue weighted by Crippen LogP contribution is -2.48. The average Bonchev–Trinajstić information content (AvgIpc) is 3.50. The number of nitrogens with one attached hydrogen (secondary N) is 2. The molecule has 2 aliphatic rings. The minimum absolute atomic E-state index is 0.0205. The van der Waals surface area contributed by atoms with Crippen molar-refractivity contribution in [1.82, 2.24) is 20.6 Å². The molecule has 1 saturated heterocycles. The van der Waals surface area contributed by atoms with E-state index in [1.165, 1.54) is 6.42 Å². The Kier molecular flexibility index (Phi) is 13.3. The molecular formula is C37H51N7O5. The molecule has 2 amide bonds. The summed E-state index contributed by atoms with van der Waals surface area (Å²) in [6.45, 7) is 7.52. The summed E-state index contributed by atoms with van der Waals surface area (Å²) in [6, 6.07) is 16.6. The molecule has 2 aromatic carbocycles. The Balaban J connectivity index is 1.19.